The van der Waals surface area contributed by atoms with Crippen LogP contribution in [0.25, 0.3) is 0 Å². The molecule has 0 aromatic heterocycles. The summed E-state index contributed by atoms with van der Waals surface area (Å²) in [6.45, 7) is 4.81. The van der Waals surface area contributed by atoms with Crippen molar-refractivity contribution in [1.82, 2.24) is 14.7 Å². The molecule has 2 aliphatic heterocycles. The number of methoxy groups -OCH3 is 1. The molecule has 1 aromatic carbocycles. The van der Waals surface area contributed by atoms with Gasteiger partial charge in [0.15, 0.2) is 0 Å². The van der Waals surface area contributed by atoms with Gasteiger partial charge in [-0.25, -0.2) is 0 Å². The van der Waals surface area contributed by atoms with Gasteiger partial charge in [0.05, 0.1) is 19.2 Å². The van der Waals surface area contributed by atoms with Gasteiger partial charge in [-0.3, -0.25) is 14.5 Å². The van der Waals surface area contributed by atoms with Crippen LogP contribution in [0.15, 0.2) is 18.2 Å². The monoisotopic (exact) mass is 393 g/mol. The maximum absolute atomic E-state index is 12.8. The van der Waals surface area contributed by atoms with Crippen molar-refractivity contribution in [2.24, 2.45) is 0 Å². The molecule has 0 aliphatic carbocycles. The minimum Gasteiger partial charge on any atom is -0.496 e. The summed E-state index contributed by atoms with van der Waals surface area (Å²) in [7, 11) is 1.55. The Morgan fingerprint density at radius 3 is 2.26 bits per heavy atom. The summed E-state index contributed by atoms with van der Waals surface area (Å²) >= 11 is 6.05. The minimum absolute atomic E-state index is 0.0761. The van der Waals surface area contributed by atoms with E-state index in [0.29, 0.717) is 49.1 Å². The van der Waals surface area contributed by atoms with Crippen molar-refractivity contribution in [3.63, 3.8) is 0 Å². The highest BCUT2D eigenvalue weighted by molar-refractivity contribution is 6.31. The average molecular weight is 394 g/mol. The molecule has 0 atom stereocenters. The molecule has 148 valence electrons. The van der Waals surface area contributed by atoms with Gasteiger partial charge in [0.25, 0.3) is 5.91 Å². The van der Waals surface area contributed by atoms with E-state index >= 15 is 0 Å². The third-order valence-corrected chi connectivity index (χ3v) is 5.60. The first-order valence-corrected chi connectivity index (χ1v) is 10.1. The van der Waals surface area contributed by atoms with Crippen LogP contribution in [0.4, 0.5) is 0 Å². The Kier molecular flexibility index (Phi) is 6.96. The van der Waals surface area contributed by atoms with Crippen molar-refractivity contribution in [2.45, 2.75) is 25.7 Å². The summed E-state index contributed by atoms with van der Waals surface area (Å²) in [5.41, 5.74) is 0.485. The van der Waals surface area contributed by atoms with Crippen molar-refractivity contribution >= 4 is 23.4 Å². The molecule has 6 nitrogen and oxygen atoms in total. The molecular formula is C20H28ClN3O3. The van der Waals surface area contributed by atoms with Gasteiger partial charge in [0.2, 0.25) is 5.91 Å². The molecule has 0 spiro atoms. The van der Waals surface area contributed by atoms with Gasteiger partial charge >= 0.3 is 0 Å². The first kappa shape index (κ1) is 20.0. The van der Waals surface area contributed by atoms with Crippen LogP contribution in [0.5, 0.6) is 5.75 Å². The Morgan fingerprint density at radius 2 is 1.63 bits per heavy atom. The SMILES string of the molecule is COc1ccc(Cl)cc1C(=O)N1CCN(CC(=O)N2CCCCCC2)CC1. The second-order valence-corrected chi connectivity index (χ2v) is 7.64. The Morgan fingerprint density at radius 1 is 0.963 bits per heavy atom. The summed E-state index contributed by atoms with van der Waals surface area (Å²) in [5.74, 6) is 0.671. The molecular weight excluding hydrogens is 366 g/mol. The zero-order valence-electron chi connectivity index (χ0n) is 16.0. The highest BCUT2D eigenvalue weighted by Crippen LogP contribution is 2.24. The van der Waals surface area contributed by atoms with Crippen molar-refractivity contribution in [3.8, 4) is 5.75 Å². The van der Waals surface area contributed by atoms with Gasteiger partial charge in [0, 0.05) is 44.3 Å². The van der Waals surface area contributed by atoms with Gasteiger partial charge in [-0.2, -0.15) is 0 Å². The number of amides is 2. The first-order valence-electron chi connectivity index (χ1n) is 9.71. The van der Waals surface area contributed by atoms with Gasteiger partial charge in [-0.05, 0) is 31.0 Å². The molecule has 0 radical (unpaired) electrons. The topological polar surface area (TPSA) is 53.1 Å². The summed E-state index contributed by atoms with van der Waals surface area (Å²) < 4.78 is 5.30. The van der Waals surface area contributed by atoms with Gasteiger partial charge in [-0.1, -0.05) is 24.4 Å². The van der Waals surface area contributed by atoms with Crippen LogP contribution in [0, 0.1) is 0 Å². The number of piperazine rings is 1. The fourth-order valence-electron chi connectivity index (χ4n) is 3.74. The van der Waals surface area contributed by atoms with E-state index in [1.165, 1.54) is 12.8 Å². The van der Waals surface area contributed by atoms with E-state index in [-0.39, 0.29) is 11.8 Å². The first-order chi connectivity index (χ1) is 13.1. The number of benzene rings is 1. The lowest BCUT2D eigenvalue weighted by molar-refractivity contribution is -0.132. The zero-order chi connectivity index (χ0) is 19.2. The summed E-state index contributed by atoms with van der Waals surface area (Å²) in [6.07, 6.45) is 4.65. The molecule has 2 saturated heterocycles. The van der Waals surface area contributed by atoms with Gasteiger partial charge in [0.1, 0.15) is 5.75 Å². The Balaban J connectivity index is 1.53. The number of ether oxygens (including phenoxy) is 1. The van der Waals surface area contributed by atoms with E-state index in [1.807, 2.05) is 4.90 Å². The van der Waals surface area contributed by atoms with Crippen molar-refractivity contribution in [2.75, 3.05) is 52.9 Å². The quantitative estimate of drug-likeness (QED) is 0.788. The lowest BCUT2D eigenvalue weighted by atomic mass is 10.1. The molecule has 0 unspecified atom stereocenters. The second kappa shape index (κ2) is 9.42. The van der Waals surface area contributed by atoms with Crippen LogP contribution < -0.4 is 4.74 Å². The van der Waals surface area contributed by atoms with E-state index in [9.17, 15) is 9.59 Å². The molecule has 27 heavy (non-hydrogen) atoms. The predicted molar refractivity (Wildman–Crippen MR) is 105 cm³/mol. The maximum atomic E-state index is 12.8. The smallest absolute Gasteiger partial charge is 0.257 e. The van der Waals surface area contributed by atoms with Crippen LogP contribution in [0.3, 0.4) is 0 Å². The average Bonchev–Trinajstić information content (AvgIpc) is 2.97. The standard InChI is InChI=1S/C20H28ClN3O3/c1-27-18-7-6-16(21)14-17(18)20(26)24-12-10-22(11-13-24)15-19(25)23-8-4-2-3-5-9-23/h6-7,14H,2-5,8-13,15H2,1H3. The molecule has 2 aliphatic rings. The normalized spacial score (nSPS) is 18.9. The number of hydrogen-bond donors (Lipinski definition) is 0. The number of carbonyl (C=O) groups excluding carboxylic acids is 2. The summed E-state index contributed by atoms with van der Waals surface area (Å²) in [6, 6.07) is 5.08. The Hall–Kier alpha value is -1.79. The number of likely N-dealkylation sites (tertiary alicyclic amines) is 1. The number of carbonyl (C=O) groups is 2. The molecule has 0 bridgehead atoms. The number of rotatable bonds is 4. The molecule has 7 heteroatoms. The van der Waals surface area contributed by atoms with E-state index in [1.54, 1.807) is 30.2 Å². The molecule has 2 fully saturated rings. The van der Waals surface area contributed by atoms with Crippen LogP contribution in [-0.4, -0.2) is 79.4 Å². The lowest BCUT2D eigenvalue weighted by Gasteiger charge is -2.35. The van der Waals surface area contributed by atoms with Gasteiger partial charge < -0.3 is 14.5 Å². The number of halogens is 1. The third kappa shape index (κ3) is 5.14. The molecule has 2 amide bonds. The Labute approximate surface area is 166 Å². The molecule has 0 N–H and O–H groups in total. The van der Waals surface area contributed by atoms with Crippen LogP contribution >= 0.6 is 11.6 Å². The fourth-order valence-corrected chi connectivity index (χ4v) is 3.91. The largest absolute Gasteiger partial charge is 0.496 e. The summed E-state index contributed by atoms with van der Waals surface area (Å²) in [4.78, 5) is 31.3. The summed E-state index contributed by atoms with van der Waals surface area (Å²) in [5, 5.41) is 0.515. The Bertz CT molecular complexity index is 666. The van der Waals surface area contributed by atoms with E-state index < -0.39 is 0 Å². The lowest BCUT2D eigenvalue weighted by Crippen LogP contribution is -2.51. The highest BCUT2D eigenvalue weighted by atomic mass is 35.5. The van der Waals surface area contributed by atoms with E-state index in [4.69, 9.17) is 16.3 Å². The van der Waals surface area contributed by atoms with Crippen LogP contribution in [-0.2, 0) is 4.79 Å². The highest BCUT2D eigenvalue weighted by Gasteiger charge is 2.26. The fraction of sp³-hybridized carbons (Fsp3) is 0.600. The minimum atomic E-state index is -0.0761. The molecule has 0 saturated carbocycles. The second-order valence-electron chi connectivity index (χ2n) is 7.21. The predicted octanol–water partition coefficient (Wildman–Crippen LogP) is 2.51. The molecule has 3 rings (SSSR count). The number of hydrogen-bond acceptors (Lipinski definition) is 4. The number of nitrogens with zero attached hydrogens (tertiary/aromatic N) is 3. The third-order valence-electron chi connectivity index (χ3n) is 5.37. The van der Waals surface area contributed by atoms with Crippen molar-refractivity contribution < 1.29 is 14.3 Å². The zero-order valence-corrected chi connectivity index (χ0v) is 16.7. The van der Waals surface area contributed by atoms with Crippen molar-refractivity contribution in [3.05, 3.63) is 28.8 Å². The van der Waals surface area contributed by atoms with Crippen LogP contribution in [0.2, 0.25) is 5.02 Å². The van der Waals surface area contributed by atoms with E-state index in [2.05, 4.69) is 4.90 Å². The van der Waals surface area contributed by atoms with Crippen molar-refractivity contribution in [1.29, 1.82) is 0 Å². The maximum Gasteiger partial charge on any atom is 0.257 e. The molecule has 1 aromatic rings. The van der Waals surface area contributed by atoms with E-state index in [0.717, 1.165) is 25.9 Å². The van der Waals surface area contributed by atoms with Gasteiger partial charge in [-0.15, -0.1) is 0 Å². The molecule has 2 heterocycles. The van der Waals surface area contributed by atoms with Crippen LogP contribution in [0.1, 0.15) is 36.0 Å².